The number of aliphatic hydroxyl groups excluding tert-OH is 1. The van der Waals surface area contributed by atoms with Gasteiger partial charge in [-0.15, -0.1) is 0 Å². The molecule has 1 aromatic rings. The topological polar surface area (TPSA) is 41.5 Å². The van der Waals surface area contributed by atoms with E-state index < -0.39 is 11.1 Å². The number of aliphatic hydroxyl groups is 1. The summed E-state index contributed by atoms with van der Waals surface area (Å²) in [7, 11) is 0. The lowest BCUT2D eigenvalue weighted by Crippen LogP contribution is -2.55. The Labute approximate surface area is 133 Å². The van der Waals surface area contributed by atoms with E-state index in [-0.39, 0.29) is 12.2 Å². The predicted molar refractivity (Wildman–Crippen MR) is 86.5 cm³/mol. The van der Waals surface area contributed by atoms with Gasteiger partial charge in [-0.25, -0.2) is 0 Å². The Hall–Kier alpha value is -0.290. The Kier molecular flexibility index (Phi) is 4.15. The Morgan fingerprint density at radius 3 is 2.45 bits per heavy atom. The van der Waals surface area contributed by atoms with Crippen LogP contribution in [0.5, 0.6) is 0 Å². The second kappa shape index (κ2) is 5.16. The summed E-state index contributed by atoms with van der Waals surface area (Å²) in [5.74, 6) is 0. The smallest absolute Gasteiger partial charge is 0.0916 e. The minimum Gasteiger partial charge on any atom is -0.394 e. The highest BCUT2D eigenvalue weighted by Gasteiger charge is 2.57. The second-order valence-electron chi connectivity index (χ2n) is 6.54. The zero-order valence-corrected chi connectivity index (χ0v) is 14.6. The van der Waals surface area contributed by atoms with Crippen molar-refractivity contribution in [3.63, 3.8) is 0 Å². The summed E-state index contributed by atoms with van der Waals surface area (Å²) < 4.78 is 6.94. The van der Waals surface area contributed by atoms with Crippen LogP contribution in [0, 0.1) is 0 Å². The van der Waals surface area contributed by atoms with Gasteiger partial charge in [0.25, 0.3) is 0 Å². The molecule has 1 aliphatic heterocycles. The van der Waals surface area contributed by atoms with E-state index in [0.717, 1.165) is 16.6 Å². The van der Waals surface area contributed by atoms with Crippen LogP contribution in [0.3, 0.4) is 0 Å². The van der Waals surface area contributed by atoms with E-state index in [2.05, 4.69) is 21.2 Å². The van der Waals surface area contributed by atoms with Crippen molar-refractivity contribution in [3.05, 3.63) is 27.7 Å². The van der Waals surface area contributed by atoms with Gasteiger partial charge in [0.1, 0.15) is 0 Å². The summed E-state index contributed by atoms with van der Waals surface area (Å²) in [5, 5.41) is 14.1. The molecule has 1 aromatic carbocycles. The van der Waals surface area contributed by atoms with Crippen molar-refractivity contribution >= 4 is 33.2 Å². The molecule has 1 atom stereocenters. The second-order valence-corrected chi connectivity index (χ2v) is 7.80. The quantitative estimate of drug-likeness (QED) is 0.846. The summed E-state index contributed by atoms with van der Waals surface area (Å²) in [5.41, 5.74) is -0.367. The van der Waals surface area contributed by atoms with Gasteiger partial charge in [0.15, 0.2) is 0 Å². The SMILES string of the molecule is CC1(C)CC(CO)(Nc2ccc(Cl)c(Br)c2)C(C)(C)O1. The first-order chi connectivity index (χ1) is 9.11. The van der Waals surface area contributed by atoms with E-state index in [1.165, 1.54) is 0 Å². The Balaban J connectivity index is 2.35. The lowest BCUT2D eigenvalue weighted by molar-refractivity contribution is -0.0808. The van der Waals surface area contributed by atoms with Gasteiger partial charge in [-0.05, 0) is 61.8 Å². The zero-order chi connectivity index (χ0) is 15.2. The molecule has 0 aromatic heterocycles. The normalized spacial score (nSPS) is 27.6. The Morgan fingerprint density at radius 1 is 1.35 bits per heavy atom. The molecule has 112 valence electrons. The Bertz CT molecular complexity index is 519. The highest BCUT2D eigenvalue weighted by molar-refractivity contribution is 9.10. The predicted octanol–water partition coefficient (Wildman–Crippen LogP) is 4.22. The highest BCUT2D eigenvalue weighted by Crippen LogP contribution is 2.46. The standard InChI is InChI=1S/C15H21BrClNO2/c1-13(2)8-15(9-19,14(3,4)20-13)18-10-5-6-12(17)11(16)7-10/h5-7,18-19H,8-9H2,1-4H3. The monoisotopic (exact) mass is 361 g/mol. The number of nitrogens with one attached hydrogen (secondary N) is 1. The van der Waals surface area contributed by atoms with Crippen LogP contribution in [0.25, 0.3) is 0 Å². The van der Waals surface area contributed by atoms with Crippen molar-refractivity contribution in [2.75, 3.05) is 11.9 Å². The number of ether oxygens (including phenoxy) is 1. The third kappa shape index (κ3) is 2.84. The molecule has 1 heterocycles. The summed E-state index contributed by atoms with van der Waals surface area (Å²) in [6, 6.07) is 5.65. The zero-order valence-electron chi connectivity index (χ0n) is 12.3. The maximum absolute atomic E-state index is 9.99. The van der Waals surface area contributed by atoms with Crippen LogP contribution < -0.4 is 5.32 Å². The molecular formula is C15H21BrClNO2. The first-order valence-corrected chi connectivity index (χ1v) is 7.82. The molecule has 1 unspecified atom stereocenters. The summed E-state index contributed by atoms with van der Waals surface area (Å²) in [6.45, 7) is 8.12. The number of rotatable bonds is 3. The molecule has 20 heavy (non-hydrogen) atoms. The lowest BCUT2D eigenvalue weighted by Gasteiger charge is -2.40. The van der Waals surface area contributed by atoms with Crippen molar-refractivity contribution < 1.29 is 9.84 Å². The van der Waals surface area contributed by atoms with Crippen molar-refractivity contribution in [3.8, 4) is 0 Å². The van der Waals surface area contributed by atoms with Crippen LogP contribution in [0.1, 0.15) is 34.1 Å². The largest absolute Gasteiger partial charge is 0.394 e. The third-order valence-corrected chi connectivity index (χ3v) is 5.20. The van der Waals surface area contributed by atoms with Crippen LogP contribution in [0.15, 0.2) is 22.7 Å². The van der Waals surface area contributed by atoms with Crippen LogP contribution in [-0.2, 0) is 4.74 Å². The van der Waals surface area contributed by atoms with Crippen LogP contribution in [0.4, 0.5) is 5.69 Å². The fraction of sp³-hybridized carbons (Fsp3) is 0.600. The lowest BCUT2D eigenvalue weighted by atomic mass is 9.79. The van der Waals surface area contributed by atoms with Gasteiger partial charge in [0.2, 0.25) is 0 Å². The van der Waals surface area contributed by atoms with Gasteiger partial charge in [-0.1, -0.05) is 11.6 Å². The fourth-order valence-electron chi connectivity index (χ4n) is 3.09. The van der Waals surface area contributed by atoms with E-state index in [9.17, 15) is 5.11 Å². The minimum absolute atomic E-state index is 0.00365. The summed E-state index contributed by atoms with van der Waals surface area (Å²) in [4.78, 5) is 0. The molecule has 2 rings (SSSR count). The third-order valence-electron chi connectivity index (χ3n) is 3.98. The van der Waals surface area contributed by atoms with E-state index in [1.807, 2.05) is 45.9 Å². The fourth-order valence-corrected chi connectivity index (χ4v) is 3.59. The molecule has 1 saturated heterocycles. The average Bonchev–Trinajstić information content (AvgIpc) is 2.49. The van der Waals surface area contributed by atoms with Crippen LogP contribution >= 0.6 is 27.5 Å². The average molecular weight is 363 g/mol. The highest BCUT2D eigenvalue weighted by atomic mass is 79.9. The van der Waals surface area contributed by atoms with Gasteiger partial charge in [0.05, 0.1) is 28.4 Å². The maximum atomic E-state index is 9.99. The Morgan fingerprint density at radius 2 is 2.00 bits per heavy atom. The summed E-state index contributed by atoms with van der Waals surface area (Å²) in [6.07, 6.45) is 0.726. The molecule has 0 amide bonds. The van der Waals surface area contributed by atoms with Gasteiger partial charge in [-0.3, -0.25) is 0 Å². The summed E-state index contributed by atoms with van der Waals surface area (Å²) >= 11 is 9.44. The molecule has 0 spiro atoms. The maximum Gasteiger partial charge on any atom is 0.0916 e. The van der Waals surface area contributed by atoms with Gasteiger partial charge in [-0.2, -0.15) is 0 Å². The molecule has 3 nitrogen and oxygen atoms in total. The van der Waals surface area contributed by atoms with Crippen molar-refractivity contribution in [2.45, 2.75) is 50.9 Å². The first-order valence-electron chi connectivity index (χ1n) is 6.65. The number of hydrogen-bond donors (Lipinski definition) is 2. The van der Waals surface area contributed by atoms with E-state index in [4.69, 9.17) is 16.3 Å². The molecule has 1 fully saturated rings. The minimum atomic E-state index is -0.524. The van der Waals surface area contributed by atoms with Gasteiger partial charge < -0.3 is 15.2 Å². The van der Waals surface area contributed by atoms with Gasteiger partial charge in [0, 0.05) is 16.6 Å². The molecule has 2 N–H and O–H groups in total. The molecule has 1 aliphatic rings. The van der Waals surface area contributed by atoms with Crippen molar-refractivity contribution in [1.82, 2.24) is 0 Å². The van der Waals surface area contributed by atoms with Crippen LogP contribution in [0.2, 0.25) is 5.02 Å². The number of halogens is 2. The molecule has 0 bridgehead atoms. The van der Waals surface area contributed by atoms with Gasteiger partial charge >= 0.3 is 0 Å². The van der Waals surface area contributed by atoms with E-state index >= 15 is 0 Å². The molecule has 0 radical (unpaired) electrons. The van der Waals surface area contributed by atoms with E-state index in [1.54, 1.807) is 0 Å². The van der Waals surface area contributed by atoms with E-state index in [0.29, 0.717) is 5.02 Å². The molecular weight excluding hydrogens is 342 g/mol. The molecule has 0 aliphatic carbocycles. The van der Waals surface area contributed by atoms with Crippen molar-refractivity contribution in [2.24, 2.45) is 0 Å². The first kappa shape index (κ1) is 16.1. The molecule has 0 saturated carbocycles. The number of hydrogen-bond acceptors (Lipinski definition) is 3. The number of anilines is 1. The van der Waals surface area contributed by atoms with Crippen molar-refractivity contribution in [1.29, 1.82) is 0 Å². The number of benzene rings is 1. The van der Waals surface area contributed by atoms with Crippen LogP contribution in [-0.4, -0.2) is 28.5 Å². The molecule has 5 heteroatoms.